The molecule has 0 radical (unpaired) electrons. The molecule has 0 saturated carbocycles. The third-order valence-electron chi connectivity index (χ3n) is 4.63. The van der Waals surface area contributed by atoms with E-state index >= 15 is 0 Å². The second-order valence-electron chi connectivity index (χ2n) is 6.26. The molecule has 3 rings (SSSR count). The van der Waals surface area contributed by atoms with Crippen molar-refractivity contribution < 1.29 is 14.3 Å². The molecule has 0 spiro atoms. The molecule has 0 atom stereocenters. The highest BCUT2D eigenvalue weighted by Gasteiger charge is 2.33. The van der Waals surface area contributed by atoms with Crippen LogP contribution in [0.15, 0.2) is 0 Å². The van der Waals surface area contributed by atoms with Crippen molar-refractivity contribution in [2.24, 2.45) is 0 Å². The van der Waals surface area contributed by atoms with Gasteiger partial charge < -0.3 is 4.74 Å². The number of fused-ring (bicyclic) bond motifs is 1. The van der Waals surface area contributed by atoms with Gasteiger partial charge in [-0.1, -0.05) is 0 Å². The molecule has 0 aromatic heterocycles. The maximum Gasteiger partial charge on any atom is 0.255 e. The predicted octanol–water partition coefficient (Wildman–Crippen LogP) is -0.610. The Labute approximate surface area is 131 Å². The van der Waals surface area contributed by atoms with Crippen molar-refractivity contribution in [1.29, 1.82) is 0 Å². The summed E-state index contributed by atoms with van der Waals surface area (Å²) in [7, 11) is 0. The number of hydrazine groups is 1. The molecule has 0 aliphatic carbocycles. The van der Waals surface area contributed by atoms with E-state index in [1.165, 1.54) is 0 Å². The van der Waals surface area contributed by atoms with Crippen molar-refractivity contribution in [2.75, 3.05) is 65.6 Å². The Hall–Kier alpha value is -1.18. The van der Waals surface area contributed by atoms with Crippen LogP contribution in [0, 0.1) is 0 Å². The number of nitrogens with zero attached hydrogens (tertiary/aromatic N) is 4. The molecule has 0 N–H and O–H groups in total. The molecule has 3 aliphatic rings. The standard InChI is InChI=1S/C15H26N4O3/c20-14-12-17(5-3-4-16-8-10-22-11-9-16)13-15(21)19-7-2-1-6-18(14)19/h1-13H2. The van der Waals surface area contributed by atoms with Gasteiger partial charge in [-0.25, -0.2) is 0 Å². The highest BCUT2D eigenvalue weighted by Crippen LogP contribution is 2.15. The SMILES string of the molecule is O=C1CN(CCCN2CCOCC2)CC(=O)N2CCCCN12. The molecule has 7 nitrogen and oxygen atoms in total. The van der Waals surface area contributed by atoms with Gasteiger partial charge in [-0.2, -0.15) is 0 Å². The minimum absolute atomic E-state index is 0.0666. The van der Waals surface area contributed by atoms with Gasteiger partial charge in [0.05, 0.1) is 26.3 Å². The number of rotatable bonds is 4. The summed E-state index contributed by atoms with van der Waals surface area (Å²) in [6, 6.07) is 0. The Morgan fingerprint density at radius 3 is 1.91 bits per heavy atom. The number of ether oxygens (including phenoxy) is 1. The summed E-state index contributed by atoms with van der Waals surface area (Å²) >= 11 is 0. The average Bonchev–Trinajstić information content (AvgIpc) is 2.66. The van der Waals surface area contributed by atoms with Gasteiger partial charge in [0.25, 0.3) is 11.8 Å². The summed E-state index contributed by atoms with van der Waals surface area (Å²) in [4.78, 5) is 29.1. The van der Waals surface area contributed by atoms with E-state index in [4.69, 9.17) is 4.74 Å². The van der Waals surface area contributed by atoms with Crippen LogP contribution >= 0.6 is 0 Å². The van der Waals surface area contributed by atoms with Crippen molar-refractivity contribution in [3.63, 3.8) is 0 Å². The van der Waals surface area contributed by atoms with Crippen LogP contribution in [0.25, 0.3) is 0 Å². The zero-order chi connectivity index (χ0) is 15.4. The third-order valence-corrected chi connectivity index (χ3v) is 4.63. The van der Waals surface area contributed by atoms with Crippen molar-refractivity contribution in [1.82, 2.24) is 19.8 Å². The second-order valence-corrected chi connectivity index (χ2v) is 6.26. The molecular formula is C15H26N4O3. The lowest BCUT2D eigenvalue weighted by molar-refractivity contribution is -0.163. The summed E-state index contributed by atoms with van der Waals surface area (Å²) in [6.45, 7) is 7.51. The molecule has 124 valence electrons. The molecule has 2 amide bonds. The van der Waals surface area contributed by atoms with Crippen molar-refractivity contribution in [3.05, 3.63) is 0 Å². The highest BCUT2D eigenvalue weighted by molar-refractivity contribution is 5.87. The minimum Gasteiger partial charge on any atom is -0.379 e. The van der Waals surface area contributed by atoms with Crippen LogP contribution in [0.2, 0.25) is 0 Å². The molecule has 0 aromatic carbocycles. The van der Waals surface area contributed by atoms with E-state index in [0.717, 1.165) is 58.7 Å². The lowest BCUT2D eigenvalue weighted by Gasteiger charge is -2.36. The van der Waals surface area contributed by atoms with Gasteiger partial charge in [0, 0.05) is 32.7 Å². The zero-order valence-corrected chi connectivity index (χ0v) is 13.2. The minimum atomic E-state index is 0.0666. The van der Waals surface area contributed by atoms with Crippen LogP contribution < -0.4 is 0 Å². The van der Waals surface area contributed by atoms with Crippen molar-refractivity contribution >= 4 is 11.8 Å². The molecular weight excluding hydrogens is 284 g/mol. The first-order valence-corrected chi connectivity index (χ1v) is 8.37. The van der Waals surface area contributed by atoms with Crippen LogP contribution in [-0.2, 0) is 14.3 Å². The first kappa shape index (κ1) is 15.7. The fourth-order valence-electron chi connectivity index (χ4n) is 3.39. The monoisotopic (exact) mass is 310 g/mol. The van der Waals surface area contributed by atoms with Gasteiger partial charge in [0.1, 0.15) is 0 Å². The quantitative estimate of drug-likeness (QED) is 0.693. The first-order chi connectivity index (χ1) is 10.7. The van der Waals surface area contributed by atoms with Crippen LogP contribution in [0.1, 0.15) is 19.3 Å². The van der Waals surface area contributed by atoms with Crippen LogP contribution in [-0.4, -0.2) is 97.2 Å². The molecule has 3 aliphatic heterocycles. The van der Waals surface area contributed by atoms with Crippen molar-refractivity contribution in [3.8, 4) is 0 Å². The summed E-state index contributed by atoms with van der Waals surface area (Å²) in [5.74, 6) is 0.133. The lowest BCUT2D eigenvalue weighted by atomic mass is 10.2. The van der Waals surface area contributed by atoms with Crippen LogP contribution in [0.3, 0.4) is 0 Å². The Bertz CT molecular complexity index is 386. The molecule has 0 unspecified atom stereocenters. The molecule has 0 bridgehead atoms. The van der Waals surface area contributed by atoms with Gasteiger partial charge in [0.15, 0.2) is 0 Å². The fourth-order valence-corrected chi connectivity index (χ4v) is 3.39. The third kappa shape index (κ3) is 3.77. The molecule has 3 fully saturated rings. The average molecular weight is 310 g/mol. The van der Waals surface area contributed by atoms with Crippen LogP contribution in [0.4, 0.5) is 0 Å². The van der Waals surface area contributed by atoms with Gasteiger partial charge in [-0.15, -0.1) is 0 Å². The van der Waals surface area contributed by atoms with E-state index in [-0.39, 0.29) is 11.8 Å². The largest absolute Gasteiger partial charge is 0.379 e. The number of carbonyl (C=O) groups excluding carboxylic acids is 2. The molecule has 3 saturated heterocycles. The smallest absolute Gasteiger partial charge is 0.255 e. The van der Waals surface area contributed by atoms with E-state index in [2.05, 4.69) is 4.90 Å². The Morgan fingerprint density at radius 1 is 0.773 bits per heavy atom. The van der Waals surface area contributed by atoms with E-state index < -0.39 is 0 Å². The number of carbonyl (C=O) groups is 2. The maximum absolute atomic E-state index is 12.3. The Morgan fingerprint density at radius 2 is 1.32 bits per heavy atom. The van der Waals surface area contributed by atoms with E-state index in [9.17, 15) is 9.59 Å². The lowest BCUT2D eigenvalue weighted by Crippen LogP contribution is -2.52. The van der Waals surface area contributed by atoms with Crippen molar-refractivity contribution in [2.45, 2.75) is 19.3 Å². The summed E-state index contributed by atoms with van der Waals surface area (Å²) in [5.41, 5.74) is 0. The first-order valence-electron chi connectivity index (χ1n) is 8.37. The summed E-state index contributed by atoms with van der Waals surface area (Å²) in [5, 5.41) is 3.32. The topological polar surface area (TPSA) is 56.3 Å². The fraction of sp³-hybridized carbons (Fsp3) is 0.867. The highest BCUT2D eigenvalue weighted by atomic mass is 16.5. The maximum atomic E-state index is 12.3. The van der Waals surface area contributed by atoms with Crippen LogP contribution in [0.5, 0.6) is 0 Å². The molecule has 22 heavy (non-hydrogen) atoms. The van der Waals surface area contributed by atoms with Gasteiger partial charge in [0.2, 0.25) is 0 Å². The van der Waals surface area contributed by atoms with E-state index in [0.29, 0.717) is 26.2 Å². The summed E-state index contributed by atoms with van der Waals surface area (Å²) < 4.78 is 5.34. The Balaban J connectivity index is 1.49. The van der Waals surface area contributed by atoms with Gasteiger partial charge in [-0.05, 0) is 25.8 Å². The molecule has 7 heteroatoms. The summed E-state index contributed by atoms with van der Waals surface area (Å²) in [6.07, 6.45) is 2.97. The number of hydrogen-bond acceptors (Lipinski definition) is 5. The zero-order valence-electron chi connectivity index (χ0n) is 13.2. The van der Waals surface area contributed by atoms with Gasteiger partial charge in [-0.3, -0.25) is 29.4 Å². The Kier molecular flexibility index (Phi) is 5.28. The number of morpholine rings is 1. The normalized spacial score (nSPS) is 25.3. The van der Waals surface area contributed by atoms with Gasteiger partial charge >= 0.3 is 0 Å². The second kappa shape index (κ2) is 7.39. The van der Waals surface area contributed by atoms with E-state index in [1.54, 1.807) is 10.0 Å². The number of amides is 2. The predicted molar refractivity (Wildman–Crippen MR) is 81.0 cm³/mol. The molecule has 3 heterocycles. The number of hydrogen-bond donors (Lipinski definition) is 0. The molecule has 0 aromatic rings. The van der Waals surface area contributed by atoms with E-state index in [1.807, 2.05) is 4.90 Å².